The summed E-state index contributed by atoms with van der Waals surface area (Å²) in [6.07, 6.45) is 2.92. The van der Waals surface area contributed by atoms with Crippen molar-refractivity contribution in [2.24, 2.45) is 0 Å². The Labute approximate surface area is 118 Å². The van der Waals surface area contributed by atoms with E-state index in [-0.39, 0.29) is 17.9 Å². The number of carbonyl (C=O) groups excluding carboxylic acids is 1. The second-order valence-corrected chi connectivity index (χ2v) is 5.14. The van der Waals surface area contributed by atoms with Gasteiger partial charge in [-0.05, 0) is 43.9 Å². The van der Waals surface area contributed by atoms with Gasteiger partial charge in [0.15, 0.2) is 0 Å². The Hall–Kier alpha value is -1.62. The molecule has 4 nitrogen and oxygen atoms in total. The van der Waals surface area contributed by atoms with Crippen LogP contribution in [-0.2, 0) is 14.3 Å². The number of hydrogen-bond donors (Lipinski definition) is 1. The molecule has 0 aliphatic heterocycles. The molecule has 1 aromatic rings. The highest BCUT2D eigenvalue weighted by molar-refractivity contribution is 5.84. The van der Waals surface area contributed by atoms with Crippen molar-refractivity contribution < 1.29 is 18.7 Å². The van der Waals surface area contributed by atoms with Gasteiger partial charge in [-0.1, -0.05) is 6.07 Å². The van der Waals surface area contributed by atoms with Crippen LogP contribution in [0.5, 0.6) is 0 Å². The number of halogens is 1. The number of hydrogen-bond acceptors (Lipinski definition) is 4. The maximum Gasteiger partial charge on any atom is 0.331 e. The molecule has 0 atom stereocenters. The van der Waals surface area contributed by atoms with E-state index in [4.69, 9.17) is 9.47 Å². The third kappa shape index (κ3) is 3.10. The van der Waals surface area contributed by atoms with Gasteiger partial charge < -0.3 is 14.8 Å². The molecule has 1 aliphatic rings. The lowest BCUT2D eigenvalue weighted by Crippen LogP contribution is -2.50. The molecule has 2 rings (SSSR count). The second kappa shape index (κ2) is 6.22. The molecule has 110 valence electrons. The predicted molar refractivity (Wildman–Crippen MR) is 74.0 cm³/mol. The molecule has 1 N–H and O–H groups in total. The smallest absolute Gasteiger partial charge is 0.331 e. The monoisotopic (exact) mass is 281 g/mol. The van der Waals surface area contributed by atoms with Gasteiger partial charge in [0.25, 0.3) is 0 Å². The quantitative estimate of drug-likeness (QED) is 0.862. The zero-order valence-corrected chi connectivity index (χ0v) is 11.8. The van der Waals surface area contributed by atoms with Gasteiger partial charge in [-0.3, -0.25) is 0 Å². The first-order valence-corrected chi connectivity index (χ1v) is 6.74. The lowest BCUT2D eigenvalue weighted by Gasteiger charge is -2.38. The number of carbonyl (C=O) groups is 1. The predicted octanol–water partition coefficient (Wildman–Crippen LogP) is 2.74. The first-order chi connectivity index (χ1) is 9.59. The van der Waals surface area contributed by atoms with Gasteiger partial charge in [0.05, 0.1) is 13.2 Å². The van der Waals surface area contributed by atoms with Crippen molar-refractivity contribution in [1.82, 2.24) is 0 Å². The van der Waals surface area contributed by atoms with Crippen molar-refractivity contribution in [2.75, 3.05) is 19.5 Å². The molecule has 0 amide bonds. The zero-order valence-electron chi connectivity index (χ0n) is 11.8. The molecule has 0 saturated heterocycles. The van der Waals surface area contributed by atoms with Crippen LogP contribution in [0.15, 0.2) is 24.3 Å². The highest BCUT2D eigenvalue weighted by Gasteiger charge is 2.43. The summed E-state index contributed by atoms with van der Waals surface area (Å²) in [6.45, 7) is 0. The highest BCUT2D eigenvalue weighted by Crippen LogP contribution is 2.34. The van der Waals surface area contributed by atoms with Crippen LogP contribution in [0, 0.1) is 5.82 Å². The Kier molecular flexibility index (Phi) is 4.60. The molecular weight excluding hydrogens is 261 g/mol. The summed E-state index contributed by atoms with van der Waals surface area (Å²) in [5, 5.41) is 3.16. The maximum absolute atomic E-state index is 13.3. The summed E-state index contributed by atoms with van der Waals surface area (Å²) in [5.41, 5.74) is -0.205. The van der Waals surface area contributed by atoms with Crippen LogP contribution in [-0.4, -0.2) is 31.8 Å². The van der Waals surface area contributed by atoms with Gasteiger partial charge in [-0.2, -0.15) is 0 Å². The van der Waals surface area contributed by atoms with Crippen LogP contribution in [0.3, 0.4) is 0 Å². The minimum atomic E-state index is -0.794. The van der Waals surface area contributed by atoms with E-state index in [1.54, 1.807) is 19.2 Å². The fourth-order valence-electron chi connectivity index (χ4n) is 2.74. The lowest BCUT2D eigenvalue weighted by atomic mass is 9.80. The Morgan fingerprint density at radius 3 is 2.60 bits per heavy atom. The molecule has 0 aromatic heterocycles. The number of rotatable bonds is 4. The van der Waals surface area contributed by atoms with E-state index < -0.39 is 5.54 Å². The molecular formula is C15H20FNO3. The minimum absolute atomic E-state index is 0.169. The topological polar surface area (TPSA) is 47.6 Å². The number of esters is 1. The van der Waals surface area contributed by atoms with E-state index >= 15 is 0 Å². The van der Waals surface area contributed by atoms with E-state index in [9.17, 15) is 9.18 Å². The number of methoxy groups -OCH3 is 2. The molecule has 0 heterocycles. The standard InChI is InChI=1S/C15H20FNO3/c1-19-13-6-8-15(9-7-13,14(18)20-2)17-12-5-3-4-11(16)10-12/h3-5,10,13,17H,6-9H2,1-2H3. The molecule has 1 aliphatic carbocycles. The zero-order chi connectivity index (χ0) is 14.6. The molecule has 0 spiro atoms. The number of ether oxygens (including phenoxy) is 2. The normalized spacial score (nSPS) is 26.1. The Morgan fingerprint density at radius 2 is 2.05 bits per heavy atom. The van der Waals surface area contributed by atoms with Crippen LogP contribution < -0.4 is 5.32 Å². The maximum atomic E-state index is 13.3. The fraction of sp³-hybridized carbons (Fsp3) is 0.533. The van der Waals surface area contributed by atoms with Crippen molar-refractivity contribution in [3.8, 4) is 0 Å². The van der Waals surface area contributed by atoms with E-state index in [2.05, 4.69) is 5.32 Å². The van der Waals surface area contributed by atoms with Crippen LogP contribution in [0.25, 0.3) is 0 Å². The van der Waals surface area contributed by atoms with Crippen molar-refractivity contribution in [1.29, 1.82) is 0 Å². The van der Waals surface area contributed by atoms with Gasteiger partial charge in [-0.15, -0.1) is 0 Å². The Balaban J connectivity index is 2.18. The van der Waals surface area contributed by atoms with Crippen LogP contribution in [0.2, 0.25) is 0 Å². The van der Waals surface area contributed by atoms with Crippen molar-refractivity contribution in [2.45, 2.75) is 37.3 Å². The van der Waals surface area contributed by atoms with E-state index in [1.165, 1.54) is 19.2 Å². The van der Waals surface area contributed by atoms with Crippen LogP contribution in [0.4, 0.5) is 10.1 Å². The van der Waals surface area contributed by atoms with Crippen molar-refractivity contribution in [3.63, 3.8) is 0 Å². The van der Waals surface area contributed by atoms with Crippen LogP contribution >= 0.6 is 0 Å². The summed E-state index contributed by atoms with van der Waals surface area (Å²) in [7, 11) is 3.05. The average molecular weight is 281 g/mol. The summed E-state index contributed by atoms with van der Waals surface area (Å²) in [5.74, 6) is -0.642. The molecule has 0 radical (unpaired) electrons. The van der Waals surface area contributed by atoms with Gasteiger partial charge in [0.1, 0.15) is 11.4 Å². The molecule has 1 fully saturated rings. The van der Waals surface area contributed by atoms with E-state index in [0.717, 1.165) is 12.8 Å². The molecule has 0 bridgehead atoms. The molecule has 5 heteroatoms. The second-order valence-electron chi connectivity index (χ2n) is 5.14. The van der Waals surface area contributed by atoms with Crippen molar-refractivity contribution >= 4 is 11.7 Å². The first-order valence-electron chi connectivity index (χ1n) is 6.74. The van der Waals surface area contributed by atoms with Gasteiger partial charge in [0, 0.05) is 12.8 Å². The van der Waals surface area contributed by atoms with Gasteiger partial charge in [0.2, 0.25) is 0 Å². The fourth-order valence-corrected chi connectivity index (χ4v) is 2.74. The minimum Gasteiger partial charge on any atom is -0.467 e. The Morgan fingerprint density at radius 1 is 1.35 bits per heavy atom. The number of nitrogens with one attached hydrogen (secondary N) is 1. The largest absolute Gasteiger partial charge is 0.467 e. The lowest BCUT2D eigenvalue weighted by molar-refractivity contribution is -0.148. The number of anilines is 1. The summed E-state index contributed by atoms with van der Waals surface area (Å²) in [6, 6.07) is 6.12. The molecule has 1 saturated carbocycles. The third-order valence-corrected chi connectivity index (χ3v) is 3.90. The average Bonchev–Trinajstić information content (AvgIpc) is 2.47. The molecule has 0 unspecified atom stereocenters. The SMILES string of the molecule is COC(=O)C1(Nc2cccc(F)c2)CCC(OC)CC1. The number of benzene rings is 1. The summed E-state index contributed by atoms with van der Waals surface area (Å²) >= 11 is 0. The highest BCUT2D eigenvalue weighted by atomic mass is 19.1. The first kappa shape index (κ1) is 14.8. The molecule has 1 aromatic carbocycles. The summed E-state index contributed by atoms with van der Waals surface area (Å²) < 4.78 is 23.5. The van der Waals surface area contributed by atoms with Gasteiger partial charge in [-0.25, -0.2) is 9.18 Å². The van der Waals surface area contributed by atoms with E-state index in [1.807, 2.05) is 0 Å². The van der Waals surface area contributed by atoms with Gasteiger partial charge >= 0.3 is 5.97 Å². The third-order valence-electron chi connectivity index (χ3n) is 3.90. The van der Waals surface area contributed by atoms with Crippen LogP contribution in [0.1, 0.15) is 25.7 Å². The molecule has 20 heavy (non-hydrogen) atoms. The van der Waals surface area contributed by atoms with Crippen molar-refractivity contribution in [3.05, 3.63) is 30.1 Å². The summed E-state index contributed by atoms with van der Waals surface area (Å²) in [4.78, 5) is 12.2. The Bertz CT molecular complexity index is 470. The van der Waals surface area contributed by atoms with E-state index in [0.29, 0.717) is 18.5 Å².